The van der Waals surface area contributed by atoms with Crippen LogP contribution in [-0.4, -0.2) is 11.8 Å². The van der Waals surface area contributed by atoms with Gasteiger partial charge in [0.25, 0.3) is 0 Å². The first kappa shape index (κ1) is 14.9. The average molecular weight is 292 g/mol. The lowest BCUT2D eigenvalue weighted by molar-refractivity contribution is -0.148. The molecule has 0 aliphatic heterocycles. The van der Waals surface area contributed by atoms with Gasteiger partial charge in [0.05, 0.1) is 5.41 Å². The highest BCUT2D eigenvalue weighted by molar-refractivity contribution is 5.86. The summed E-state index contributed by atoms with van der Waals surface area (Å²) in [5, 5.41) is 0. The molecule has 0 radical (unpaired) electrons. The molecule has 4 heteroatoms. The first-order valence-electron chi connectivity index (χ1n) is 8.56. The van der Waals surface area contributed by atoms with E-state index in [1.165, 1.54) is 19.3 Å². The van der Waals surface area contributed by atoms with Crippen LogP contribution < -0.4 is 10.9 Å². The third-order valence-corrected chi connectivity index (χ3v) is 5.78. The van der Waals surface area contributed by atoms with Crippen molar-refractivity contribution in [2.24, 2.45) is 29.1 Å². The van der Waals surface area contributed by atoms with Crippen LogP contribution in [0.1, 0.15) is 65.2 Å². The molecule has 0 atom stereocenters. The van der Waals surface area contributed by atoms with Gasteiger partial charge in [0.2, 0.25) is 11.8 Å². The maximum atomic E-state index is 12.6. The van der Waals surface area contributed by atoms with Gasteiger partial charge >= 0.3 is 0 Å². The van der Waals surface area contributed by atoms with Crippen molar-refractivity contribution < 1.29 is 9.59 Å². The molecule has 0 heterocycles. The summed E-state index contributed by atoms with van der Waals surface area (Å²) in [5.41, 5.74) is 5.17. The molecule has 2 amide bonds. The molecule has 0 aromatic rings. The zero-order chi connectivity index (χ0) is 15.0. The maximum absolute atomic E-state index is 12.6. The van der Waals surface area contributed by atoms with Crippen LogP contribution in [0.3, 0.4) is 0 Å². The number of hydrogen-bond donors (Lipinski definition) is 2. The van der Waals surface area contributed by atoms with Crippen molar-refractivity contribution in [1.82, 2.24) is 10.9 Å². The Morgan fingerprint density at radius 2 is 1.52 bits per heavy atom. The minimum atomic E-state index is -0.180. The predicted molar refractivity (Wildman–Crippen MR) is 81.0 cm³/mol. The van der Waals surface area contributed by atoms with E-state index >= 15 is 0 Å². The van der Waals surface area contributed by atoms with Gasteiger partial charge in [-0.2, -0.15) is 0 Å². The van der Waals surface area contributed by atoms with Crippen LogP contribution in [0.5, 0.6) is 0 Å². The van der Waals surface area contributed by atoms with Crippen LogP contribution in [-0.2, 0) is 9.59 Å². The Hall–Kier alpha value is -1.06. The third kappa shape index (κ3) is 3.09. The molecule has 4 aliphatic carbocycles. The molecule has 0 saturated heterocycles. The van der Waals surface area contributed by atoms with Crippen molar-refractivity contribution in [2.45, 2.75) is 65.2 Å². The Morgan fingerprint density at radius 1 is 1.00 bits per heavy atom. The molecule has 0 aromatic heterocycles. The standard InChI is InChI=1S/C17H28N2O2/c1-11(2)3-4-15(20)18-19-16(21)17-8-12-5-13(9-17)7-14(6-12)10-17/h11-14H,3-10H2,1-2H3,(H,18,20)(H,19,21). The van der Waals surface area contributed by atoms with Crippen LogP contribution in [0.15, 0.2) is 0 Å². The lowest BCUT2D eigenvalue weighted by atomic mass is 9.49. The molecule has 4 nitrogen and oxygen atoms in total. The zero-order valence-electron chi connectivity index (χ0n) is 13.3. The smallest absolute Gasteiger partial charge is 0.244 e. The lowest BCUT2D eigenvalue weighted by Crippen LogP contribution is -2.56. The minimum absolute atomic E-state index is 0.0678. The largest absolute Gasteiger partial charge is 0.273 e. The molecule has 0 unspecified atom stereocenters. The van der Waals surface area contributed by atoms with Gasteiger partial charge < -0.3 is 0 Å². The average Bonchev–Trinajstić information content (AvgIpc) is 2.41. The Morgan fingerprint density at radius 3 is 2.00 bits per heavy atom. The molecule has 4 rings (SSSR count). The molecule has 4 fully saturated rings. The van der Waals surface area contributed by atoms with Gasteiger partial charge in [-0.3, -0.25) is 20.4 Å². The number of carbonyl (C=O) groups excluding carboxylic acids is 2. The monoisotopic (exact) mass is 292 g/mol. The zero-order valence-corrected chi connectivity index (χ0v) is 13.3. The van der Waals surface area contributed by atoms with E-state index in [9.17, 15) is 9.59 Å². The van der Waals surface area contributed by atoms with E-state index in [0.717, 1.165) is 43.4 Å². The summed E-state index contributed by atoms with van der Waals surface area (Å²) in [6.07, 6.45) is 8.43. The fourth-order valence-electron chi connectivity index (χ4n) is 5.13. The van der Waals surface area contributed by atoms with Crippen molar-refractivity contribution in [3.05, 3.63) is 0 Å². The molecule has 4 aliphatic rings. The van der Waals surface area contributed by atoms with Crippen LogP contribution >= 0.6 is 0 Å². The Kier molecular flexibility index (Phi) is 3.98. The summed E-state index contributed by atoms with van der Waals surface area (Å²) >= 11 is 0. The molecule has 0 aromatic carbocycles. The number of rotatable bonds is 4. The van der Waals surface area contributed by atoms with Gasteiger partial charge in [-0.25, -0.2) is 0 Å². The number of nitrogens with one attached hydrogen (secondary N) is 2. The molecule has 4 bridgehead atoms. The molecular formula is C17H28N2O2. The van der Waals surface area contributed by atoms with Crippen molar-refractivity contribution in [1.29, 1.82) is 0 Å². The highest BCUT2D eigenvalue weighted by atomic mass is 16.2. The Bertz CT molecular complexity index is 395. The normalized spacial score (nSPS) is 36.8. The summed E-state index contributed by atoms with van der Waals surface area (Å²) in [6.45, 7) is 4.20. The maximum Gasteiger partial charge on any atom is 0.244 e. The SMILES string of the molecule is CC(C)CCC(=O)NNC(=O)C12CC3CC(CC(C3)C1)C2. The fraction of sp³-hybridized carbons (Fsp3) is 0.882. The second-order valence-corrected chi connectivity index (χ2v) is 8.13. The van der Waals surface area contributed by atoms with E-state index in [4.69, 9.17) is 0 Å². The number of hydrogen-bond acceptors (Lipinski definition) is 2. The molecular weight excluding hydrogens is 264 g/mol. The summed E-state index contributed by atoms with van der Waals surface area (Å²) in [7, 11) is 0. The summed E-state index contributed by atoms with van der Waals surface area (Å²) < 4.78 is 0. The van der Waals surface area contributed by atoms with E-state index in [2.05, 4.69) is 24.7 Å². The predicted octanol–water partition coefficient (Wildman–Crippen LogP) is 2.79. The second-order valence-electron chi connectivity index (χ2n) is 8.13. The van der Waals surface area contributed by atoms with Crippen molar-refractivity contribution in [3.63, 3.8) is 0 Å². The van der Waals surface area contributed by atoms with Gasteiger partial charge in [-0.1, -0.05) is 13.8 Å². The Balaban J connectivity index is 1.52. The first-order chi connectivity index (χ1) is 9.97. The summed E-state index contributed by atoms with van der Waals surface area (Å²) in [4.78, 5) is 24.4. The van der Waals surface area contributed by atoms with E-state index in [1.807, 2.05) is 0 Å². The van der Waals surface area contributed by atoms with Gasteiger partial charge in [-0.15, -0.1) is 0 Å². The van der Waals surface area contributed by atoms with Gasteiger partial charge in [-0.05, 0) is 68.6 Å². The van der Waals surface area contributed by atoms with Gasteiger partial charge in [0, 0.05) is 6.42 Å². The van der Waals surface area contributed by atoms with Gasteiger partial charge in [0.15, 0.2) is 0 Å². The molecule has 0 spiro atoms. The Labute approximate surface area is 127 Å². The van der Waals surface area contributed by atoms with E-state index in [1.54, 1.807) is 0 Å². The van der Waals surface area contributed by atoms with E-state index in [0.29, 0.717) is 12.3 Å². The molecule has 4 saturated carbocycles. The lowest BCUT2D eigenvalue weighted by Gasteiger charge is -2.55. The van der Waals surface area contributed by atoms with E-state index < -0.39 is 0 Å². The third-order valence-electron chi connectivity index (χ3n) is 5.78. The van der Waals surface area contributed by atoms with Crippen LogP contribution in [0, 0.1) is 29.1 Å². The highest BCUT2D eigenvalue weighted by Gasteiger charge is 2.54. The highest BCUT2D eigenvalue weighted by Crippen LogP contribution is 2.59. The minimum Gasteiger partial charge on any atom is -0.273 e. The molecule has 118 valence electrons. The van der Waals surface area contributed by atoms with Crippen molar-refractivity contribution >= 4 is 11.8 Å². The molecule has 2 N–H and O–H groups in total. The van der Waals surface area contributed by atoms with Crippen molar-refractivity contribution in [2.75, 3.05) is 0 Å². The number of amides is 2. The number of carbonyl (C=O) groups is 2. The molecule has 21 heavy (non-hydrogen) atoms. The number of hydrazine groups is 1. The quantitative estimate of drug-likeness (QED) is 0.783. The van der Waals surface area contributed by atoms with Crippen LogP contribution in [0.2, 0.25) is 0 Å². The van der Waals surface area contributed by atoms with Crippen LogP contribution in [0.25, 0.3) is 0 Å². The summed E-state index contributed by atoms with van der Waals surface area (Å²) in [6, 6.07) is 0. The second kappa shape index (κ2) is 5.62. The summed E-state index contributed by atoms with van der Waals surface area (Å²) in [5.74, 6) is 2.76. The fourth-order valence-corrected chi connectivity index (χ4v) is 5.13. The first-order valence-corrected chi connectivity index (χ1v) is 8.56. The van der Waals surface area contributed by atoms with E-state index in [-0.39, 0.29) is 17.2 Å². The topological polar surface area (TPSA) is 58.2 Å². The van der Waals surface area contributed by atoms with Crippen molar-refractivity contribution in [3.8, 4) is 0 Å². The van der Waals surface area contributed by atoms with Crippen LogP contribution in [0.4, 0.5) is 0 Å². The van der Waals surface area contributed by atoms with Gasteiger partial charge in [0.1, 0.15) is 0 Å².